The number of aromatic nitrogens is 2. The summed E-state index contributed by atoms with van der Waals surface area (Å²) in [6, 6.07) is 8.49. The first-order chi connectivity index (χ1) is 19.2. The van der Waals surface area contributed by atoms with E-state index in [-0.39, 0.29) is 11.2 Å². The molecule has 1 aliphatic rings. The van der Waals surface area contributed by atoms with Gasteiger partial charge in [0.05, 0.1) is 29.8 Å². The van der Waals surface area contributed by atoms with Gasteiger partial charge in [-0.05, 0) is 88.3 Å². The zero-order valence-corrected chi connectivity index (χ0v) is 25.3. The number of benzene rings is 1. The molecule has 0 radical (unpaired) electrons. The summed E-state index contributed by atoms with van der Waals surface area (Å²) in [7, 11) is 0. The van der Waals surface area contributed by atoms with E-state index in [4.69, 9.17) is 14.5 Å². The van der Waals surface area contributed by atoms with Crippen molar-refractivity contribution < 1.29 is 23.8 Å². The van der Waals surface area contributed by atoms with Gasteiger partial charge >= 0.3 is 5.97 Å². The molecule has 8 heteroatoms. The van der Waals surface area contributed by atoms with Crippen LogP contribution < -0.4 is 9.64 Å². The molecule has 1 N–H and O–H groups in total. The highest BCUT2D eigenvalue weighted by Crippen LogP contribution is 2.43. The lowest BCUT2D eigenvalue weighted by molar-refractivity contribution is -0.160. The molecule has 0 spiro atoms. The van der Waals surface area contributed by atoms with Crippen molar-refractivity contribution in [2.45, 2.75) is 79.4 Å². The SMILES string of the molecule is Cc1ccc(F)cc1CCOc1ccc(-c2cnc(C)c(C(OC(C)(C)C)C(=O)O)c2N2CCC(C)(C)CC2)nc1. The van der Waals surface area contributed by atoms with Crippen molar-refractivity contribution in [1.29, 1.82) is 0 Å². The fraction of sp³-hybridized carbons (Fsp3) is 0.485. The second-order valence-corrected chi connectivity index (χ2v) is 12.7. The minimum absolute atomic E-state index is 0.217. The summed E-state index contributed by atoms with van der Waals surface area (Å²) in [4.78, 5) is 24.2. The van der Waals surface area contributed by atoms with E-state index in [9.17, 15) is 14.3 Å². The van der Waals surface area contributed by atoms with Crippen molar-refractivity contribution in [3.8, 4) is 17.0 Å². The van der Waals surface area contributed by atoms with Gasteiger partial charge in [0.25, 0.3) is 0 Å². The summed E-state index contributed by atoms with van der Waals surface area (Å²) < 4.78 is 25.7. The first-order valence-corrected chi connectivity index (χ1v) is 14.2. The summed E-state index contributed by atoms with van der Waals surface area (Å²) in [5.41, 5.74) is 4.91. The summed E-state index contributed by atoms with van der Waals surface area (Å²) in [5, 5.41) is 10.3. The number of carboxylic acids is 1. The van der Waals surface area contributed by atoms with Crippen LogP contribution in [0.5, 0.6) is 5.75 Å². The van der Waals surface area contributed by atoms with Gasteiger partial charge in [0, 0.05) is 42.5 Å². The Hall–Kier alpha value is -3.52. The van der Waals surface area contributed by atoms with Gasteiger partial charge in [-0.1, -0.05) is 19.9 Å². The fourth-order valence-electron chi connectivity index (χ4n) is 5.19. The number of pyridine rings is 2. The van der Waals surface area contributed by atoms with Crippen molar-refractivity contribution in [2.24, 2.45) is 5.41 Å². The van der Waals surface area contributed by atoms with Crippen molar-refractivity contribution in [3.05, 3.63) is 70.9 Å². The molecule has 0 saturated carbocycles. The molecule has 220 valence electrons. The van der Waals surface area contributed by atoms with E-state index in [2.05, 4.69) is 23.7 Å². The Balaban J connectivity index is 1.67. The normalized spacial score (nSPS) is 16.0. The second kappa shape index (κ2) is 12.1. The molecule has 7 nitrogen and oxygen atoms in total. The molecule has 3 aromatic rings. The Morgan fingerprint density at radius 3 is 2.41 bits per heavy atom. The fourth-order valence-corrected chi connectivity index (χ4v) is 5.19. The monoisotopic (exact) mass is 563 g/mol. The van der Waals surface area contributed by atoms with Crippen LogP contribution in [0.4, 0.5) is 10.1 Å². The topological polar surface area (TPSA) is 84.8 Å². The number of aryl methyl sites for hydroxylation is 2. The van der Waals surface area contributed by atoms with E-state index < -0.39 is 17.7 Å². The van der Waals surface area contributed by atoms with Gasteiger partial charge in [-0.2, -0.15) is 0 Å². The van der Waals surface area contributed by atoms with E-state index in [0.717, 1.165) is 48.3 Å². The predicted molar refractivity (Wildman–Crippen MR) is 159 cm³/mol. The lowest BCUT2D eigenvalue weighted by Crippen LogP contribution is -2.39. The Morgan fingerprint density at radius 1 is 1.10 bits per heavy atom. The maximum atomic E-state index is 13.6. The summed E-state index contributed by atoms with van der Waals surface area (Å²) in [6.45, 7) is 15.9. The summed E-state index contributed by atoms with van der Waals surface area (Å²) >= 11 is 0. The molecule has 2 aromatic heterocycles. The van der Waals surface area contributed by atoms with E-state index >= 15 is 0 Å². The zero-order chi connectivity index (χ0) is 29.9. The van der Waals surface area contributed by atoms with Crippen LogP contribution in [0.3, 0.4) is 0 Å². The number of hydrogen-bond donors (Lipinski definition) is 1. The van der Waals surface area contributed by atoms with Gasteiger partial charge in [0.2, 0.25) is 0 Å². The largest absolute Gasteiger partial charge is 0.492 e. The van der Waals surface area contributed by atoms with Crippen LogP contribution in [0.2, 0.25) is 0 Å². The molecule has 1 aromatic carbocycles. The third-order valence-electron chi connectivity index (χ3n) is 7.64. The number of piperidine rings is 1. The first kappa shape index (κ1) is 30.4. The standard InChI is InChI=1S/C33H42FN3O4/c1-21-8-9-24(34)18-23(21)12-17-40-25-10-11-27(36-19-25)26-20-35-22(2)28(30(31(38)39)41-32(3,4)5)29(26)37-15-13-33(6,7)14-16-37/h8-11,18-20,30H,12-17H2,1-7H3,(H,38,39). The minimum atomic E-state index is -1.18. The quantitative estimate of drug-likeness (QED) is 0.298. The number of rotatable bonds is 9. The van der Waals surface area contributed by atoms with Crippen molar-refractivity contribution in [3.63, 3.8) is 0 Å². The number of carbonyl (C=O) groups is 1. The van der Waals surface area contributed by atoms with Gasteiger partial charge in [-0.3, -0.25) is 9.97 Å². The zero-order valence-electron chi connectivity index (χ0n) is 25.3. The Bertz CT molecular complexity index is 1370. The van der Waals surface area contributed by atoms with Crippen LogP contribution in [0, 0.1) is 25.1 Å². The molecule has 0 bridgehead atoms. The molecule has 3 heterocycles. The molecule has 1 unspecified atom stereocenters. The molecule has 1 fully saturated rings. The number of hydrogen-bond acceptors (Lipinski definition) is 6. The van der Waals surface area contributed by atoms with Crippen LogP contribution >= 0.6 is 0 Å². The number of aliphatic carboxylic acids is 1. The average Bonchev–Trinajstić information content (AvgIpc) is 2.89. The maximum absolute atomic E-state index is 13.6. The van der Waals surface area contributed by atoms with E-state index in [1.807, 2.05) is 46.8 Å². The highest BCUT2D eigenvalue weighted by atomic mass is 19.1. The average molecular weight is 564 g/mol. The Kier molecular flexibility index (Phi) is 9.02. The van der Waals surface area contributed by atoms with Gasteiger partial charge in [-0.15, -0.1) is 0 Å². The van der Waals surface area contributed by atoms with E-state index in [1.54, 1.807) is 24.5 Å². The minimum Gasteiger partial charge on any atom is -0.492 e. The Morgan fingerprint density at radius 2 is 1.80 bits per heavy atom. The smallest absolute Gasteiger partial charge is 0.337 e. The Labute approximate surface area is 242 Å². The van der Waals surface area contributed by atoms with Crippen LogP contribution in [0.1, 0.15) is 75.9 Å². The maximum Gasteiger partial charge on any atom is 0.337 e. The van der Waals surface area contributed by atoms with Crippen molar-refractivity contribution in [1.82, 2.24) is 9.97 Å². The highest BCUT2D eigenvalue weighted by molar-refractivity contribution is 5.85. The molecular weight excluding hydrogens is 521 g/mol. The van der Waals surface area contributed by atoms with Crippen molar-refractivity contribution >= 4 is 11.7 Å². The van der Waals surface area contributed by atoms with Gasteiger partial charge in [0.1, 0.15) is 11.6 Å². The molecule has 1 atom stereocenters. The predicted octanol–water partition coefficient (Wildman–Crippen LogP) is 7.09. The lowest BCUT2D eigenvalue weighted by atomic mass is 9.82. The molecule has 0 amide bonds. The van der Waals surface area contributed by atoms with E-state index in [0.29, 0.717) is 35.7 Å². The molecule has 0 aliphatic carbocycles. The number of carboxylic acid groups (broad SMARTS) is 1. The molecular formula is C33H42FN3O4. The molecule has 1 aliphatic heterocycles. The number of nitrogens with zero attached hydrogens (tertiary/aromatic N) is 3. The van der Waals surface area contributed by atoms with Gasteiger partial charge < -0.3 is 19.5 Å². The number of ether oxygens (including phenoxy) is 2. The third-order valence-corrected chi connectivity index (χ3v) is 7.64. The van der Waals surface area contributed by atoms with E-state index in [1.165, 1.54) is 6.07 Å². The molecule has 41 heavy (non-hydrogen) atoms. The first-order valence-electron chi connectivity index (χ1n) is 14.2. The van der Waals surface area contributed by atoms with Crippen LogP contribution in [0.15, 0.2) is 42.7 Å². The number of halogens is 1. The molecule has 4 rings (SSSR count). The third kappa shape index (κ3) is 7.61. The van der Waals surface area contributed by atoms with Gasteiger partial charge in [-0.25, -0.2) is 9.18 Å². The number of anilines is 1. The summed E-state index contributed by atoms with van der Waals surface area (Å²) in [5.74, 6) is -0.705. The molecule has 1 saturated heterocycles. The van der Waals surface area contributed by atoms with Crippen LogP contribution in [-0.4, -0.2) is 46.3 Å². The van der Waals surface area contributed by atoms with Gasteiger partial charge in [0.15, 0.2) is 6.10 Å². The highest BCUT2D eigenvalue weighted by Gasteiger charge is 2.36. The second-order valence-electron chi connectivity index (χ2n) is 12.7. The van der Waals surface area contributed by atoms with Crippen molar-refractivity contribution in [2.75, 3.05) is 24.6 Å². The van der Waals surface area contributed by atoms with Crippen LogP contribution in [-0.2, 0) is 16.0 Å². The van der Waals surface area contributed by atoms with Crippen LogP contribution in [0.25, 0.3) is 11.3 Å². The lowest BCUT2D eigenvalue weighted by Gasteiger charge is -2.40. The summed E-state index contributed by atoms with van der Waals surface area (Å²) in [6.07, 6.45) is 4.81.